The third-order valence-electron chi connectivity index (χ3n) is 3.45. The smallest absolute Gasteiger partial charge is 0.341 e. The van der Waals surface area contributed by atoms with Gasteiger partial charge in [-0.25, -0.2) is 8.42 Å². The van der Waals surface area contributed by atoms with Gasteiger partial charge in [0.05, 0.1) is 4.90 Å². The zero-order valence-corrected chi connectivity index (χ0v) is 12.9. The molecule has 0 aromatic carbocycles. The number of thiophene rings is 1. The van der Waals surface area contributed by atoms with Gasteiger partial charge in [-0.2, -0.15) is 8.78 Å². The molecular formula is C12H16F2N2O3S2. The van der Waals surface area contributed by atoms with Crippen molar-refractivity contribution in [3.8, 4) is 0 Å². The molecule has 0 spiro atoms. The van der Waals surface area contributed by atoms with E-state index in [2.05, 4.69) is 10.6 Å². The van der Waals surface area contributed by atoms with Gasteiger partial charge < -0.3 is 10.6 Å². The lowest BCUT2D eigenvalue weighted by Gasteiger charge is -2.30. The van der Waals surface area contributed by atoms with Gasteiger partial charge in [-0.15, -0.1) is 11.3 Å². The summed E-state index contributed by atoms with van der Waals surface area (Å²) in [5.41, 5.74) is 0. The van der Waals surface area contributed by atoms with Crippen molar-refractivity contribution in [3.63, 3.8) is 0 Å². The monoisotopic (exact) mass is 338 g/mol. The number of carbonyl (C=O) groups is 1. The first-order valence-electron chi connectivity index (χ1n) is 6.48. The molecular weight excluding hydrogens is 322 g/mol. The van der Waals surface area contributed by atoms with Crippen molar-refractivity contribution in [2.45, 2.75) is 42.5 Å². The molecule has 1 saturated heterocycles. The highest BCUT2D eigenvalue weighted by Gasteiger charge is 2.33. The summed E-state index contributed by atoms with van der Waals surface area (Å²) in [7, 11) is -4.76. The molecule has 5 nitrogen and oxygen atoms in total. The van der Waals surface area contributed by atoms with Gasteiger partial charge in [-0.3, -0.25) is 4.79 Å². The Balaban J connectivity index is 2.19. The molecule has 0 aliphatic carbocycles. The number of sulfone groups is 1. The van der Waals surface area contributed by atoms with Crippen LogP contribution in [-0.2, 0) is 9.84 Å². The molecule has 1 fully saturated rings. The van der Waals surface area contributed by atoms with Gasteiger partial charge in [0.15, 0.2) is 0 Å². The van der Waals surface area contributed by atoms with Crippen molar-refractivity contribution in [1.82, 2.24) is 10.6 Å². The molecule has 0 radical (unpaired) electrons. The summed E-state index contributed by atoms with van der Waals surface area (Å²) in [6.45, 7) is 2.77. The Morgan fingerprint density at radius 3 is 2.86 bits per heavy atom. The maximum absolute atomic E-state index is 12.6. The lowest BCUT2D eigenvalue weighted by Crippen LogP contribution is -2.51. The number of piperidine rings is 1. The predicted octanol–water partition coefficient (Wildman–Crippen LogP) is 1.61. The maximum atomic E-state index is 12.6. The molecule has 0 saturated carbocycles. The minimum atomic E-state index is -4.76. The Hall–Kier alpha value is -1.06. The Morgan fingerprint density at radius 1 is 1.52 bits per heavy atom. The van der Waals surface area contributed by atoms with E-state index in [1.54, 1.807) is 0 Å². The summed E-state index contributed by atoms with van der Waals surface area (Å²) >= 11 is 0.847. The highest BCUT2D eigenvalue weighted by atomic mass is 32.2. The van der Waals surface area contributed by atoms with Crippen LogP contribution in [0.1, 0.15) is 29.4 Å². The predicted molar refractivity (Wildman–Crippen MR) is 75.5 cm³/mol. The van der Waals surface area contributed by atoms with Crippen molar-refractivity contribution in [2.75, 3.05) is 6.54 Å². The summed E-state index contributed by atoms with van der Waals surface area (Å²) < 4.78 is 48.3. The van der Waals surface area contributed by atoms with E-state index in [0.29, 0.717) is 0 Å². The minimum absolute atomic E-state index is 0.0535. The first kappa shape index (κ1) is 16.3. The highest BCUT2D eigenvalue weighted by Crippen LogP contribution is 2.27. The van der Waals surface area contributed by atoms with Crippen LogP contribution in [0, 0.1) is 0 Å². The molecule has 2 unspecified atom stereocenters. The number of halogens is 2. The molecule has 2 atom stereocenters. The SMILES string of the molecule is CC1NCCCC1NC(=O)c1sccc1S(=O)(=O)C(F)F. The fourth-order valence-corrected chi connectivity index (χ4v) is 4.33. The molecule has 1 amide bonds. The van der Waals surface area contributed by atoms with Crippen molar-refractivity contribution in [2.24, 2.45) is 0 Å². The molecule has 118 valence electrons. The van der Waals surface area contributed by atoms with E-state index in [1.807, 2.05) is 6.92 Å². The fourth-order valence-electron chi connectivity index (χ4n) is 2.26. The number of hydrogen-bond donors (Lipinski definition) is 2. The first-order chi connectivity index (χ1) is 9.84. The lowest BCUT2D eigenvalue weighted by atomic mass is 10.00. The Kier molecular flexibility index (Phi) is 4.95. The van der Waals surface area contributed by atoms with Gasteiger partial charge >= 0.3 is 5.76 Å². The van der Waals surface area contributed by atoms with Gasteiger partial charge in [0, 0.05) is 12.1 Å². The van der Waals surface area contributed by atoms with Crippen LogP contribution in [0.2, 0.25) is 0 Å². The summed E-state index contributed by atoms with van der Waals surface area (Å²) in [6.07, 6.45) is 1.66. The second-order valence-electron chi connectivity index (χ2n) is 4.88. The van der Waals surface area contributed by atoms with E-state index < -0.39 is 26.4 Å². The number of nitrogens with one attached hydrogen (secondary N) is 2. The summed E-state index contributed by atoms with van der Waals surface area (Å²) in [4.78, 5) is 11.4. The van der Waals surface area contributed by atoms with Gasteiger partial charge in [0.1, 0.15) is 4.88 Å². The summed E-state index contributed by atoms with van der Waals surface area (Å²) in [5.74, 6) is -4.15. The van der Waals surface area contributed by atoms with Crippen LogP contribution in [0.25, 0.3) is 0 Å². The molecule has 2 N–H and O–H groups in total. The normalized spacial score (nSPS) is 23.2. The number of alkyl halides is 2. The number of rotatable bonds is 4. The summed E-state index contributed by atoms with van der Waals surface area (Å²) in [5, 5.41) is 7.24. The molecule has 9 heteroatoms. The molecule has 1 aromatic rings. The number of hydrogen-bond acceptors (Lipinski definition) is 5. The Morgan fingerprint density at radius 2 is 2.24 bits per heavy atom. The molecule has 2 heterocycles. The van der Waals surface area contributed by atoms with Crippen LogP contribution in [0.4, 0.5) is 8.78 Å². The van der Waals surface area contributed by atoms with E-state index in [4.69, 9.17) is 0 Å². The average Bonchev–Trinajstić information content (AvgIpc) is 2.91. The second-order valence-corrected chi connectivity index (χ2v) is 7.69. The molecule has 1 aliphatic rings. The first-order valence-corrected chi connectivity index (χ1v) is 8.90. The zero-order valence-electron chi connectivity index (χ0n) is 11.3. The van der Waals surface area contributed by atoms with Crippen LogP contribution in [0.3, 0.4) is 0 Å². The minimum Gasteiger partial charge on any atom is -0.347 e. The number of amides is 1. The molecule has 1 aliphatic heterocycles. The summed E-state index contributed by atoms with van der Waals surface area (Å²) in [6, 6.07) is 0.956. The average molecular weight is 338 g/mol. The van der Waals surface area contributed by atoms with E-state index >= 15 is 0 Å². The standard InChI is InChI=1S/C12H16F2N2O3S2/c1-7-8(3-2-5-15-7)16-11(17)10-9(4-6-20-10)21(18,19)12(13)14/h4,6-8,12,15H,2-3,5H2,1H3,(H,16,17). The van der Waals surface area contributed by atoms with Gasteiger partial charge in [-0.1, -0.05) is 0 Å². The lowest BCUT2D eigenvalue weighted by molar-refractivity contribution is 0.0921. The van der Waals surface area contributed by atoms with Crippen molar-refractivity contribution in [3.05, 3.63) is 16.3 Å². The maximum Gasteiger partial charge on any atom is 0.341 e. The van der Waals surface area contributed by atoms with Gasteiger partial charge in [-0.05, 0) is 37.8 Å². The second kappa shape index (κ2) is 6.37. The molecule has 1 aromatic heterocycles. The quantitative estimate of drug-likeness (QED) is 0.875. The largest absolute Gasteiger partial charge is 0.347 e. The third-order valence-corrected chi connectivity index (χ3v) is 5.92. The number of carbonyl (C=O) groups excluding carboxylic acids is 1. The zero-order chi connectivity index (χ0) is 15.6. The van der Waals surface area contributed by atoms with E-state index in [-0.39, 0.29) is 17.0 Å². The van der Waals surface area contributed by atoms with Crippen LogP contribution in [0.15, 0.2) is 16.3 Å². The fraction of sp³-hybridized carbons (Fsp3) is 0.583. The van der Waals surface area contributed by atoms with E-state index in [9.17, 15) is 22.0 Å². The highest BCUT2D eigenvalue weighted by molar-refractivity contribution is 7.92. The van der Waals surface area contributed by atoms with Crippen molar-refractivity contribution < 1.29 is 22.0 Å². The van der Waals surface area contributed by atoms with Crippen molar-refractivity contribution >= 4 is 27.1 Å². The van der Waals surface area contributed by atoms with Crippen LogP contribution >= 0.6 is 11.3 Å². The molecule has 0 bridgehead atoms. The third kappa shape index (κ3) is 3.41. The van der Waals surface area contributed by atoms with Crippen LogP contribution in [-0.4, -0.2) is 38.7 Å². The van der Waals surface area contributed by atoms with Gasteiger partial charge in [0.25, 0.3) is 5.91 Å². The van der Waals surface area contributed by atoms with Gasteiger partial charge in [0.2, 0.25) is 9.84 Å². The topological polar surface area (TPSA) is 75.3 Å². The van der Waals surface area contributed by atoms with E-state index in [0.717, 1.165) is 36.8 Å². The van der Waals surface area contributed by atoms with E-state index in [1.165, 1.54) is 5.38 Å². The molecule has 21 heavy (non-hydrogen) atoms. The Bertz CT molecular complexity index is 616. The van der Waals surface area contributed by atoms with Crippen LogP contribution < -0.4 is 10.6 Å². The van der Waals surface area contributed by atoms with Crippen molar-refractivity contribution in [1.29, 1.82) is 0 Å². The van der Waals surface area contributed by atoms with Crippen LogP contribution in [0.5, 0.6) is 0 Å². The Labute approximate surface area is 125 Å². The molecule has 2 rings (SSSR count).